The number of para-hydroxylation sites is 1. The summed E-state index contributed by atoms with van der Waals surface area (Å²) in [6, 6.07) is 10.5. The molecule has 1 amide bonds. The van der Waals surface area contributed by atoms with E-state index in [9.17, 15) is 14.3 Å². The number of ether oxygens (including phenoxy) is 1. The fourth-order valence-electron chi connectivity index (χ4n) is 2.42. The van der Waals surface area contributed by atoms with Crippen LogP contribution in [0.5, 0.6) is 11.5 Å². The number of hydrogen-bond acceptors (Lipinski definition) is 3. The number of nitrogens with one attached hydrogen (secondary N) is 1. The van der Waals surface area contributed by atoms with Gasteiger partial charge in [0.25, 0.3) is 5.91 Å². The molecule has 21 heavy (non-hydrogen) atoms. The van der Waals surface area contributed by atoms with Crippen LogP contribution >= 0.6 is 0 Å². The number of phenolic OH excluding ortho intramolecular Hbond substituents is 1. The van der Waals surface area contributed by atoms with Gasteiger partial charge in [-0.3, -0.25) is 4.79 Å². The highest BCUT2D eigenvalue weighted by atomic mass is 19.1. The predicted octanol–water partition coefficient (Wildman–Crippen LogP) is 2.78. The maximum Gasteiger partial charge on any atom is 0.255 e. The molecule has 108 valence electrons. The summed E-state index contributed by atoms with van der Waals surface area (Å²) in [6.07, 6.45) is 0.624. The second kappa shape index (κ2) is 5.44. The molecule has 3 rings (SSSR count). The molecule has 5 heteroatoms. The first-order valence-electron chi connectivity index (χ1n) is 6.66. The molecule has 0 aromatic heterocycles. The number of carbonyl (C=O) groups excluding carboxylic acids is 1. The third-order valence-corrected chi connectivity index (χ3v) is 3.47. The van der Waals surface area contributed by atoms with Crippen molar-refractivity contribution in [2.24, 2.45) is 0 Å². The molecule has 2 aromatic carbocycles. The summed E-state index contributed by atoms with van der Waals surface area (Å²) in [5.41, 5.74) is 0.812. The van der Waals surface area contributed by atoms with E-state index in [1.165, 1.54) is 6.07 Å². The lowest BCUT2D eigenvalue weighted by molar-refractivity contribution is 0.0921. The fourth-order valence-corrected chi connectivity index (χ4v) is 2.42. The third-order valence-electron chi connectivity index (χ3n) is 3.47. The smallest absolute Gasteiger partial charge is 0.255 e. The Morgan fingerprint density at radius 2 is 2.10 bits per heavy atom. The van der Waals surface area contributed by atoms with E-state index in [4.69, 9.17) is 4.74 Å². The van der Waals surface area contributed by atoms with E-state index in [2.05, 4.69) is 5.32 Å². The molecule has 1 aliphatic rings. The molecule has 0 spiro atoms. The monoisotopic (exact) mass is 287 g/mol. The van der Waals surface area contributed by atoms with Crippen molar-refractivity contribution in [3.63, 3.8) is 0 Å². The van der Waals surface area contributed by atoms with Gasteiger partial charge in [0.15, 0.2) is 0 Å². The van der Waals surface area contributed by atoms with Crippen LogP contribution in [0, 0.1) is 5.82 Å². The summed E-state index contributed by atoms with van der Waals surface area (Å²) < 4.78 is 18.7. The molecule has 1 atom stereocenters. The maximum atomic E-state index is 13.2. The largest absolute Gasteiger partial charge is 0.507 e. The second-order valence-electron chi connectivity index (χ2n) is 4.86. The Hall–Kier alpha value is -2.56. The van der Waals surface area contributed by atoms with Gasteiger partial charge in [-0.2, -0.15) is 0 Å². The van der Waals surface area contributed by atoms with Crippen molar-refractivity contribution in [2.75, 3.05) is 6.61 Å². The Bertz CT molecular complexity index is 687. The van der Waals surface area contributed by atoms with Gasteiger partial charge in [-0.15, -0.1) is 0 Å². The first-order chi connectivity index (χ1) is 10.1. The molecule has 1 unspecified atom stereocenters. The molecule has 1 aliphatic heterocycles. The lowest BCUT2D eigenvalue weighted by atomic mass is 10.00. The van der Waals surface area contributed by atoms with Gasteiger partial charge in [0, 0.05) is 12.0 Å². The van der Waals surface area contributed by atoms with E-state index in [1.807, 2.05) is 24.3 Å². The van der Waals surface area contributed by atoms with Crippen molar-refractivity contribution in [1.29, 1.82) is 0 Å². The number of benzene rings is 2. The maximum absolute atomic E-state index is 13.2. The molecular weight excluding hydrogens is 273 g/mol. The van der Waals surface area contributed by atoms with Crippen molar-refractivity contribution >= 4 is 5.91 Å². The topological polar surface area (TPSA) is 58.6 Å². The van der Waals surface area contributed by atoms with Crippen LogP contribution in [-0.4, -0.2) is 17.6 Å². The highest BCUT2D eigenvalue weighted by Crippen LogP contribution is 2.32. The normalized spacial score (nSPS) is 16.7. The number of hydrogen-bond donors (Lipinski definition) is 2. The Morgan fingerprint density at radius 1 is 1.29 bits per heavy atom. The minimum Gasteiger partial charge on any atom is -0.507 e. The number of carbonyl (C=O) groups is 1. The minimum absolute atomic E-state index is 0.0704. The molecule has 4 nitrogen and oxygen atoms in total. The van der Waals surface area contributed by atoms with E-state index in [0.29, 0.717) is 13.0 Å². The SMILES string of the molecule is O=C(NC1CCOc2ccccc21)c1cc(F)ccc1O. The molecule has 2 N–H and O–H groups in total. The Balaban J connectivity index is 1.84. The fraction of sp³-hybridized carbons (Fsp3) is 0.188. The average Bonchev–Trinajstić information content (AvgIpc) is 2.50. The van der Waals surface area contributed by atoms with E-state index < -0.39 is 11.7 Å². The van der Waals surface area contributed by atoms with E-state index in [-0.39, 0.29) is 17.4 Å². The average molecular weight is 287 g/mol. The number of fused-ring (bicyclic) bond motifs is 1. The van der Waals surface area contributed by atoms with Gasteiger partial charge in [0.1, 0.15) is 17.3 Å². The van der Waals surface area contributed by atoms with E-state index >= 15 is 0 Å². The van der Waals surface area contributed by atoms with Gasteiger partial charge >= 0.3 is 0 Å². The summed E-state index contributed by atoms with van der Waals surface area (Å²) in [4.78, 5) is 12.2. The highest BCUT2D eigenvalue weighted by Gasteiger charge is 2.24. The molecule has 0 saturated heterocycles. The van der Waals surface area contributed by atoms with Crippen LogP contribution < -0.4 is 10.1 Å². The Morgan fingerprint density at radius 3 is 2.95 bits per heavy atom. The molecule has 0 aliphatic carbocycles. The third kappa shape index (κ3) is 2.67. The minimum atomic E-state index is -0.565. The summed E-state index contributed by atoms with van der Waals surface area (Å²) in [6.45, 7) is 0.497. The zero-order valence-electron chi connectivity index (χ0n) is 11.2. The lowest BCUT2D eigenvalue weighted by Gasteiger charge is -2.26. The molecule has 2 aromatic rings. The molecule has 0 bridgehead atoms. The van der Waals surface area contributed by atoms with Gasteiger partial charge in [-0.25, -0.2) is 4.39 Å². The van der Waals surface area contributed by atoms with Crippen molar-refractivity contribution in [3.8, 4) is 11.5 Å². The van der Waals surface area contributed by atoms with Crippen molar-refractivity contribution in [2.45, 2.75) is 12.5 Å². The number of phenols is 1. The van der Waals surface area contributed by atoms with E-state index in [1.54, 1.807) is 0 Å². The number of amides is 1. The second-order valence-corrected chi connectivity index (χ2v) is 4.86. The lowest BCUT2D eigenvalue weighted by Crippen LogP contribution is -2.32. The standard InChI is InChI=1S/C16H14FNO3/c17-10-5-6-14(19)12(9-10)16(20)18-13-7-8-21-15-4-2-1-3-11(13)15/h1-6,9,13,19H,7-8H2,(H,18,20). The van der Waals surface area contributed by atoms with Crippen LogP contribution in [0.3, 0.4) is 0 Å². The van der Waals surface area contributed by atoms with Crippen LogP contribution in [0.15, 0.2) is 42.5 Å². The first kappa shape index (κ1) is 13.4. The molecule has 0 radical (unpaired) electrons. The highest BCUT2D eigenvalue weighted by molar-refractivity contribution is 5.97. The zero-order chi connectivity index (χ0) is 14.8. The van der Waals surface area contributed by atoms with Gasteiger partial charge in [-0.1, -0.05) is 18.2 Å². The number of halogens is 1. The number of aromatic hydroxyl groups is 1. The molecule has 1 heterocycles. The molecular formula is C16H14FNO3. The van der Waals surface area contributed by atoms with E-state index in [0.717, 1.165) is 23.4 Å². The van der Waals surface area contributed by atoms with Gasteiger partial charge in [0.05, 0.1) is 18.2 Å². The summed E-state index contributed by atoms with van der Waals surface area (Å²) >= 11 is 0. The Kier molecular flexibility index (Phi) is 3.48. The molecule has 0 saturated carbocycles. The molecule has 0 fully saturated rings. The number of rotatable bonds is 2. The predicted molar refractivity (Wildman–Crippen MR) is 74.8 cm³/mol. The van der Waals surface area contributed by atoms with Crippen LogP contribution in [0.1, 0.15) is 28.4 Å². The van der Waals surface area contributed by atoms with Crippen molar-refractivity contribution < 1.29 is 19.0 Å². The van der Waals surface area contributed by atoms with Crippen molar-refractivity contribution in [3.05, 3.63) is 59.4 Å². The summed E-state index contributed by atoms with van der Waals surface area (Å²) in [5, 5.41) is 12.5. The van der Waals surface area contributed by atoms with Crippen LogP contribution in [-0.2, 0) is 0 Å². The first-order valence-corrected chi connectivity index (χ1v) is 6.66. The summed E-state index contributed by atoms with van der Waals surface area (Å²) in [5.74, 6) is -0.578. The van der Waals surface area contributed by atoms with Crippen LogP contribution in [0.25, 0.3) is 0 Å². The quantitative estimate of drug-likeness (QED) is 0.893. The Labute approximate surface area is 121 Å². The van der Waals surface area contributed by atoms with Crippen LogP contribution in [0.4, 0.5) is 4.39 Å². The van der Waals surface area contributed by atoms with Gasteiger partial charge < -0.3 is 15.2 Å². The summed E-state index contributed by atoms with van der Waals surface area (Å²) in [7, 11) is 0. The van der Waals surface area contributed by atoms with Crippen molar-refractivity contribution in [1.82, 2.24) is 5.32 Å². The van der Waals surface area contributed by atoms with Gasteiger partial charge in [0.2, 0.25) is 0 Å². The zero-order valence-corrected chi connectivity index (χ0v) is 11.2. The van der Waals surface area contributed by atoms with Gasteiger partial charge in [-0.05, 0) is 24.3 Å². The van der Waals surface area contributed by atoms with Crippen LogP contribution in [0.2, 0.25) is 0 Å².